The predicted molar refractivity (Wildman–Crippen MR) is 47.4 cm³/mol. The molecular weight excluding hydrogens is 202 g/mol. The first kappa shape index (κ1) is 16.4. The number of hydrogen-bond donors (Lipinski definition) is 0. The van der Waals surface area contributed by atoms with Crippen LogP contribution in [0.25, 0.3) is 0 Å². The maximum Gasteiger partial charge on any atom is 1.00 e. The zero-order chi connectivity index (χ0) is 9.61. The van der Waals surface area contributed by atoms with Crippen molar-refractivity contribution in [2.45, 2.75) is 26.3 Å². The van der Waals surface area contributed by atoms with E-state index in [1.54, 1.807) is 6.92 Å². The molecule has 0 amide bonds. The SMILES string of the molecule is CCOC(C)(OCC)[P+](=O)OC.[H-].[Na+]. The van der Waals surface area contributed by atoms with E-state index in [1.807, 2.05) is 13.8 Å². The summed E-state index contributed by atoms with van der Waals surface area (Å²) in [5.41, 5.74) is -1.10. The van der Waals surface area contributed by atoms with E-state index in [0.717, 1.165) is 0 Å². The molecule has 0 N–H and O–H groups in total. The maximum atomic E-state index is 11.3. The fourth-order valence-electron chi connectivity index (χ4n) is 0.849. The van der Waals surface area contributed by atoms with Gasteiger partial charge in [0.15, 0.2) is 0 Å². The summed E-state index contributed by atoms with van der Waals surface area (Å²) in [7, 11) is -0.560. The van der Waals surface area contributed by atoms with Crippen molar-refractivity contribution in [1.82, 2.24) is 0 Å². The van der Waals surface area contributed by atoms with E-state index in [-0.39, 0.29) is 31.0 Å². The van der Waals surface area contributed by atoms with Gasteiger partial charge in [0.05, 0.1) is 20.3 Å². The van der Waals surface area contributed by atoms with E-state index in [4.69, 9.17) is 9.47 Å². The van der Waals surface area contributed by atoms with Crippen molar-refractivity contribution in [2.24, 2.45) is 0 Å². The Morgan fingerprint density at radius 3 is 1.92 bits per heavy atom. The van der Waals surface area contributed by atoms with Crippen LogP contribution in [0.3, 0.4) is 0 Å². The quantitative estimate of drug-likeness (QED) is 0.334. The molecule has 1 atom stereocenters. The Morgan fingerprint density at radius 1 is 1.31 bits per heavy atom. The summed E-state index contributed by atoms with van der Waals surface area (Å²) in [5.74, 6) is 0. The van der Waals surface area contributed by atoms with Gasteiger partial charge in [0, 0.05) is 6.92 Å². The Kier molecular flexibility index (Phi) is 10.5. The average molecular weight is 219 g/mol. The molecule has 0 fully saturated rings. The van der Waals surface area contributed by atoms with E-state index in [1.165, 1.54) is 7.11 Å². The Bertz CT molecular complexity index is 153. The molecule has 0 aliphatic carbocycles. The predicted octanol–water partition coefficient (Wildman–Crippen LogP) is -0.762. The maximum absolute atomic E-state index is 11.3. The minimum atomic E-state index is -1.93. The van der Waals surface area contributed by atoms with Gasteiger partial charge >= 0.3 is 43.1 Å². The summed E-state index contributed by atoms with van der Waals surface area (Å²) in [6, 6.07) is 0. The average Bonchev–Trinajstić information content (AvgIpc) is 2.04. The van der Waals surface area contributed by atoms with Gasteiger partial charge in [-0.05, 0) is 18.4 Å². The first-order chi connectivity index (χ1) is 5.60. The van der Waals surface area contributed by atoms with Gasteiger partial charge in [-0.15, -0.1) is 4.52 Å². The van der Waals surface area contributed by atoms with Gasteiger partial charge in [0.25, 0.3) is 0 Å². The van der Waals surface area contributed by atoms with Gasteiger partial charge in [-0.2, -0.15) is 0 Å². The molecule has 6 heteroatoms. The Balaban J connectivity index is -0.000000605. The largest absolute Gasteiger partial charge is 1.00 e. The molecule has 74 valence electrons. The molecule has 4 nitrogen and oxygen atoms in total. The van der Waals surface area contributed by atoms with Crippen LogP contribution in [0.5, 0.6) is 0 Å². The van der Waals surface area contributed by atoms with Crippen molar-refractivity contribution in [1.29, 1.82) is 0 Å². The number of hydrogen-bond acceptors (Lipinski definition) is 4. The summed E-state index contributed by atoms with van der Waals surface area (Å²) in [5, 5.41) is 0. The summed E-state index contributed by atoms with van der Waals surface area (Å²) in [6.45, 7) is 6.14. The molecule has 13 heavy (non-hydrogen) atoms. The van der Waals surface area contributed by atoms with E-state index in [2.05, 4.69) is 4.52 Å². The summed E-state index contributed by atoms with van der Waals surface area (Å²) >= 11 is 0. The molecule has 0 saturated heterocycles. The van der Waals surface area contributed by atoms with Crippen LogP contribution in [0.4, 0.5) is 0 Å². The van der Waals surface area contributed by atoms with Crippen molar-refractivity contribution >= 4 is 8.03 Å². The van der Waals surface area contributed by atoms with Crippen molar-refractivity contribution in [2.75, 3.05) is 20.3 Å². The van der Waals surface area contributed by atoms with Crippen LogP contribution in [0, 0.1) is 0 Å². The Hall–Kier alpha value is 0.980. The van der Waals surface area contributed by atoms with E-state index < -0.39 is 13.6 Å². The molecule has 0 radical (unpaired) electrons. The van der Waals surface area contributed by atoms with Crippen molar-refractivity contribution in [3.05, 3.63) is 0 Å². The standard InChI is InChI=1S/C7H16O4P.Na.H/c1-5-10-7(3,11-6-2)12(8)9-4;;/h5-6H2,1-4H3;;/q2*+1;-1. The molecule has 0 bridgehead atoms. The molecule has 1 unspecified atom stereocenters. The smallest absolute Gasteiger partial charge is 1.00 e. The number of ether oxygens (including phenoxy) is 2. The van der Waals surface area contributed by atoms with Crippen LogP contribution in [0.2, 0.25) is 0 Å². The fourth-order valence-corrected chi connectivity index (χ4v) is 1.65. The third-order valence-corrected chi connectivity index (χ3v) is 2.57. The molecule has 0 aromatic heterocycles. The van der Waals surface area contributed by atoms with E-state index >= 15 is 0 Å². The van der Waals surface area contributed by atoms with Crippen LogP contribution >= 0.6 is 8.03 Å². The Morgan fingerprint density at radius 2 is 1.69 bits per heavy atom. The minimum Gasteiger partial charge on any atom is -1.00 e. The van der Waals surface area contributed by atoms with Gasteiger partial charge in [0.2, 0.25) is 0 Å². The molecule has 0 aromatic carbocycles. The second kappa shape index (κ2) is 8.30. The zero-order valence-electron chi connectivity index (χ0n) is 9.99. The fraction of sp³-hybridized carbons (Fsp3) is 1.00. The zero-order valence-corrected chi connectivity index (χ0v) is 11.9. The van der Waals surface area contributed by atoms with Crippen LogP contribution in [0.15, 0.2) is 0 Å². The molecule has 0 saturated carbocycles. The second-order valence-corrected chi connectivity index (χ2v) is 3.90. The third kappa shape index (κ3) is 5.43. The molecule has 0 spiro atoms. The van der Waals surface area contributed by atoms with Crippen LogP contribution in [-0.2, 0) is 18.6 Å². The van der Waals surface area contributed by atoms with E-state index in [9.17, 15) is 4.57 Å². The van der Waals surface area contributed by atoms with Gasteiger partial charge in [-0.25, -0.2) is 0 Å². The third-order valence-electron chi connectivity index (χ3n) is 1.32. The molecule has 0 aromatic rings. The first-order valence-corrected chi connectivity index (χ1v) is 5.07. The topological polar surface area (TPSA) is 44.8 Å². The van der Waals surface area contributed by atoms with Gasteiger partial charge in [-0.1, -0.05) is 0 Å². The summed E-state index contributed by atoms with van der Waals surface area (Å²) < 4.78 is 26.4. The second-order valence-electron chi connectivity index (χ2n) is 2.20. The summed E-state index contributed by atoms with van der Waals surface area (Å²) in [6.07, 6.45) is 0. The molecular formula is C7H17NaO4P+. The molecule has 0 aliphatic heterocycles. The van der Waals surface area contributed by atoms with Crippen molar-refractivity contribution in [3.8, 4) is 0 Å². The monoisotopic (exact) mass is 219 g/mol. The van der Waals surface area contributed by atoms with Crippen LogP contribution < -0.4 is 29.6 Å². The van der Waals surface area contributed by atoms with Gasteiger partial charge in [0.1, 0.15) is 0 Å². The molecule has 0 rings (SSSR count). The Labute approximate surface area is 104 Å². The van der Waals surface area contributed by atoms with Gasteiger partial charge < -0.3 is 10.9 Å². The van der Waals surface area contributed by atoms with Crippen LogP contribution in [-0.4, -0.2) is 25.9 Å². The van der Waals surface area contributed by atoms with Crippen molar-refractivity contribution < 1.29 is 49.5 Å². The van der Waals surface area contributed by atoms with Gasteiger partial charge in [-0.3, -0.25) is 0 Å². The molecule has 0 heterocycles. The number of rotatable bonds is 6. The van der Waals surface area contributed by atoms with Crippen LogP contribution in [0.1, 0.15) is 22.2 Å². The van der Waals surface area contributed by atoms with Crippen molar-refractivity contribution in [3.63, 3.8) is 0 Å². The first-order valence-electron chi connectivity index (χ1n) is 3.90. The molecule has 0 aliphatic rings. The minimum absolute atomic E-state index is 0. The summed E-state index contributed by atoms with van der Waals surface area (Å²) in [4.78, 5) is 0. The normalized spacial score (nSPS) is 12.2. The van der Waals surface area contributed by atoms with E-state index in [0.29, 0.717) is 13.2 Å².